The van der Waals surface area contributed by atoms with Crippen LogP contribution in [-0.4, -0.2) is 43.4 Å². The molecular weight excluding hydrogens is 237 g/mol. The lowest BCUT2D eigenvalue weighted by Gasteiger charge is -2.10. The van der Waals surface area contributed by atoms with Gasteiger partial charge in [-0.1, -0.05) is 6.92 Å². The first-order chi connectivity index (χ1) is 7.85. The molecule has 17 heavy (non-hydrogen) atoms. The van der Waals surface area contributed by atoms with Crippen molar-refractivity contribution in [1.29, 1.82) is 0 Å². The van der Waals surface area contributed by atoms with Crippen LogP contribution >= 0.6 is 0 Å². The highest BCUT2D eigenvalue weighted by Crippen LogP contribution is 2.11. The number of hydrogen-bond acceptors (Lipinski definition) is 3. The van der Waals surface area contributed by atoms with Gasteiger partial charge >= 0.3 is 6.18 Å². The molecule has 0 aliphatic carbocycles. The highest BCUT2D eigenvalue weighted by molar-refractivity contribution is 5.77. The number of aliphatic hydroxyl groups excluding tert-OH is 1. The minimum absolute atomic E-state index is 0.0983. The first-order valence-corrected chi connectivity index (χ1v) is 5.50. The molecule has 1 atom stereocenters. The van der Waals surface area contributed by atoms with Crippen molar-refractivity contribution in [3.05, 3.63) is 0 Å². The summed E-state index contributed by atoms with van der Waals surface area (Å²) in [7, 11) is 0. The standard InChI is InChI=1S/C10H19F3N2O2/c1-8(6-16)3-2-4-15-9(17)5-14-7-10(11,12)13/h8,14,16H,2-7H2,1H3,(H,15,17). The van der Waals surface area contributed by atoms with Crippen LogP contribution in [0.3, 0.4) is 0 Å². The second-order valence-electron chi connectivity index (χ2n) is 4.00. The summed E-state index contributed by atoms with van der Waals surface area (Å²) in [6.45, 7) is 0.891. The summed E-state index contributed by atoms with van der Waals surface area (Å²) in [5.74, 6) is -0.277. The summed E-state index contributed by atoms with van der Waals surface area (Å²) >= 11 is 0. The minimum Gasteiger partial charge on any atom is -0.396 e. The maximum absolute atomic E-state index is 11.7. The van der Waals surface area contributed by atoms with Crippen molar-refractivity contribution in [2.45, 2.75) is 25.9 Å². The number of alkyl halides is 3. The zero-order chi connectivity index (χ0) is 13.3. The molecule has 0 fully saturated rings. The Bertz CT molecular complexity index is 222. The van der Waals surface area contributed by atoms with E-state index in [1.54, 1.807) is 0 Å². The van der Waals surface area contributed by atoms with Gasteiger partial charge in [-0.15, -0.1) is 0 Å². The van der Waals surface area contributed by atoms with E-state index < -0.39 is 18.6 Å². The second-order valence-corrected chi connectivity index (χ2v) is 4.00. The van der Waals surface area contributed by atoms with E-state index in [9.17, 15) is 18.0 Å². The van der Waals surface area contributed by atoms with Crippen LogP contribution in [0.25, 0.3) is 0 Å². The molecule has 0 aliphatic rings. The summed E-state index contributed by atoms with van der Waals surface area (Å²) in [4.78, 5) is 11.1. The van der Waals surface area contributed by atoms with Gasteiger partial charge in [-0.2, -0.15) is 13.2 Å². The molecule has 0 rings (SSSR count). The molecular formula is C10H19F3N2O2. The number of nitrogens with one attached hydrogen (secondary N) is 2. The number of rotatable bonds is 8. The van der Waals surface area contributed by atoms with Gasteiger partial charge in [0.2, 0.25) is 5.91 Å². The van der Waals surface area contributed by atoms with Crippen molar-refractivity contribution in [2.24, 2.45) is 5.92 Å². The van der Waals surface area contributed by atoms with Crippen LogP contribution in [0.4, 0.5) is 13.2 Å². The molecule has 3 N–H and O–H groups in total. The number of amides is 1. The number of carbonyl (C=O) groups excluding carboxylic acids is 1. The largest absolute Gasteiger partial charge is 0.401 e. The summed E-state index contributed by atoms with van der Waals surface area (Å²) < 4.78 is 35.2. The Labute approximate surface area is 98.6 Å². The number of aliphatic hydroxyl groups is 1. The van der Waals surface area contributed by atoms with Crippen LogP contribution in [0.15, 0.2) is 0 Å². The Morgan fingerprint density at radius 2 is 2.06 bits per heavy atom. The van der Waals surface area contributed by atoms with Crippen LogP contribution in [0, 0.1) is 5.92 Å². The van der Waals surface area contributed by atoms with Gasteiger partial charge < -0.3 is 15.7 Å². The molecule has 0 bridgehead atoms. The summed E-state index contributed by atoms with van der Waals surface area (Å²) in [5, 5.41) is 13.2. The lowest BCUT2D eigenvalue weighted by Crippen LogP contribution is -2.38. The molecule has 0 aromatic carbocycles. The normalized spacial score (nSPS) is 13.5. The summed E-state index contributed by atoms with van der Waals surface area (Å²) in [5.41, 5.74) is 0. The Kier molecular flexibility index (Phi) is 7.90. The van der Waals surface area contributed by atoms with Gasteiger partial charge in [-0.25, -0.2) is 0 Å². The molecule has 1 unspecified atom stereocenters. The molecule has 0 aliphatic heterocycles. The van der Waals surface area contributed by atoms with E-state index in [2.05, 4.69) is 5.32 Å². The minimum atomic E-state index is -4.29. The Balaban J connectivity index is 3.41. The monoisotopic (exact) mass is 256 g/mol. The third-order valence-corrected chi connectivity index (χ3v) is 2.12. The summed E-state index contributed by atoms with van der Waals surface area (Å²) in [6.07, 6.45) is -2.82. The van der Waals surface area contributed by atoms with Crippen molar-refractivity contribution in [2.75, 3.05) is 26.2 Å². The third-order valence-electron chi connectivity index (χ3n) is 2.12. The van der Waals surface area contributed by atoms with E-state index in [4.69, 9.17) is 5.11 Å². The van der Waals surface area contributed by atoms with Crippen LogP contribution in [0.5, 0.6) is 0 Å². The average molecular weight is 256 g/mol. The number of halogens is 3. The van der Waals surface area contributed by atoms with Gasteiger partial charge in [-0.05, 0) is 18.8 Å². The van der Waals surface area contributed by atoms with Crippen molar-refractivity contribution < 1.29 is 23.1 Å². The van der Waals surface area contributed by atoms with Gasteiger partial charge in [0.1, 0.15) is 0 Å². The lowest BCUT2D eigenvalue weighted by molar-refractivity contribution is -0.128. The fraction of sp³-hybridized carbons (Fsp3) is 0.900. The molecule has 102 valence electrons. The first-order valence-electron chi connectivity index (χ1n) is 5.50. The topological polar surface area (TPSA) is 61.4 Å². The fourth-order valence-corrected chi connectivity index (χ4v) is 1.15. The van der Waals surface area contributed by atoms with Crippen LogP contribution < -0.4 is 10.6 Å². The van der Waals surface area contributed by atoms with Crippen LogP contribution in [0.2, 0.25) is 0 Å². The highest BCUT2D eigenvalue weighted by atomic mass is 19.4. The van der Waals surface area contributed by atoms with E-state index in [1.807, 2.05) is 12.2 Å². The van der Waals surface area contributed by atoms with E-state index in [-0.39, 0.29) is 19.1 Å². The van der Waals surface area contributed by atoms with Crippen molar-refractivity contribution in [3.8, 4) is 0 Å². The van der Waals surface area contributed by atoms with E-state index in [1.165, 1.54) is 0 Å². The van der Waals surface area contributed by atoms with Crippen LogP contribution in [0.1, 0.15) is 19.8 Å². The molecule has 1 amide bonds. The molecule has 0 saturated heterocycles. The molecule has 0 aromatic rings. The Morgan fingerprint density at radius 3 is 2.59 bits per heavy atom. The Morgan fingerprint density at radius 1 is 1.41 bits per heavy atom. The molecule has 0 radical (unpaired) electrons. The van der Waals surface area contributed by atoms with Gasteiger partial charge in [0.25, 0.3) is 0 Å². The molecule has 4 nitrogen and oxygen atoms in total. The second kappa shape index (κ2) is 8.30. The zero-order valence-electron chi connectivity index (χ0n) is 9.81. The van der Waals surface area contributed by atoms with Gasteiger partial charge in [0.15, 0.2) is 0 Å². The van der Waals surface area contributed by atoms with E-state index in [0.717, 1.165) is 6.42 Å². The molecule has 7 heteroatoms. The van der Waals surface area contributed by atoms with E-state index >= 15 is 0 Å². The number of carbonyl (C=O) groups is 1. The molecule has 0 spiro atoms. The predicted octanol–water partition coefficient (Wildman–Crippen LogP) is 0.663. The van der Waals surface area contributed by atoms with Crippen molar-refractivity contribution in [1.82, 2.24) is 10.6 Å². The quantitative estimate of drug-likeness (QED) is 0.559. The first kappa shape index (κ1) is 16.2. The van der Waals surface area contributed by atoms with Crippen LogP contribution in [-0.2, 0) is 4.79 Å². The maximum atomic E-state index is 11.7. The molecule has 0 saturated carbocycles. The third kappa shape index (κ3) is 11.4. The average Bonchev–Trinajstić information content (AvgIpc) is 2.22. The van der Waals surface area contributed by atoms with Crippen molar-refractivity contribution >= 4 is 5.91 Å². The highest BCUT2D eigenvalue weighted by Gasteiger charge is 2.26. The lowest BCUT2D eigenvalue weighted by atomic mass is 10.1. The fourth-order valence-electron chi connectivity index (χ4n) is 1.15. The molecule has 0 aromatic heterocycles. The van der Waals surface area contributed by atoms with Gasteiger partial charge in [-0.3, -0.25) is 4.79 Å². The maximum Gasteiger partial charge on any atom is 0.401 e. The SMILES string of the molecule is CC(CO)CCCNC(=O)CNCC(F)(F)F. The zero-order valence-corrected chi connectivity index (χ0v) is 9.81. The number of hydrogen-bond donors (Lipinski definition) is 3. The summed E-state index contributed by atoms with van der Waals surface area (Å²) in [6, 6.07) is 0. The van der Waals surface area contributed by atoms with E-state index in [0.29, 0.717) is 13.0 Å². The predicted molar refractivity (Wildman–Crippen MR) is 57.4 cm³/mol. The van der Waals surface area contributed by atoms with Gasteiger partial charge in [0.05, 0.1) is 13.1 Å². The Hall–Kier alpha value is -0.820. The molecule has 0 heterocycles. The smallest absolute Gasteiger partial charge is 0.396 e. The van der Waals surface area contributed by atoms with Gasteiger partial charge in [0, 0.05) is 13.2 Å². The van der Waals surface area contributed by atoms with Crippen molar-refractivity contribution in [3.63, 3.8) is 0 Å².